The van der Waals surface area contributed by atoms with Crippen molar-refractivity contribution in [1.82, 2.24) is 4.90 Å². The maximum absolute atomic E-state index is 13.2. The van der Waals surface area contributed by atoms with E-state index in [-0.39, 0.29) is 18.6 Å². The van der Waals surface area contributed by atoms with Crippen molar-refractivity contribution < 1.29 is 19.4 Å². The topological polar surface area (TPSA) is 66.8 Å². The predicted molar refractivity (Wildman–Crippen MR) is 90.5 cm³/mol. The Balaban J connectivity index is 1.88. The number of ether oxygens (including phenoxy) is 1. The molecule has 2 atom stereocenters. The zero-order chi connectivity index (χ0) is 17.5. The van der Waals surface area contributed by atoms with E-state index in [1.807, 2.05) is 6.07 Å². The van der Waals surface area contributed by atoms with Crippen LogP contribution in [0.1, 0.15) is 31.7 Å². The van der Waals surface area contributed by atoms with Gasteiger partial charge >= 0.3 is 5.97 Å². The second-order valence-electron chi connectivity index (χ2n) is 6.55. The molecule has 1 aliphatic heterocycles. The van der Waals surface area contributed by atoms with Crippen LogP contribution in [0.4, 0.5) is 0 Å². The highest BCUT2D eigenvalue weighted by Gasteiger charge is 2.49. The average Bonchev–Trinajstić information content (AvgIpc) is 2.49. The van der Waals surface area contributed by atoms with Gasteiger partial charge in [-0.3, -0.25) is 4.79 Å². The van der Waals surface area contributed by atoms with Crippen LogP contribution >= 0.6 is 23.2 Å². The van der Waals surface area contributed by atoms with Gasteiger partial charge in [-0.05, 0) is 37.5 Å². The van der Waals surface area contributed by atoms with E-state index >= 15 is 0 Å². The number of benzene rings is 1. The van der Waals surface area contributed by atoms with Crippen LogP contribution in [0, 0.1) is 0 Å². The highest BCUT2D eigenvalue weighted by molar-refractivity contribution is 6.42. The second kappa shape index (κ2) is 6.54. The molecule has 3 rings (SSSR count). The number of morpholine rings is 1. The molecule has 1 saturated heterocycles. The molecule has 0 bridgehead atoms. The lowest BCUT2D eigenvalue weighted by molar-refractivity contribution is -0.169. The summed E-state index contributed by atoms with van der Waals surface area (Å²) in [5.41, 5.74) is 0.216. The van der Waals surface area contributed by atoms with Crippen LogP contribution in [0.15, 0.2) is 18.2 Å². The Morgan fingerprint density at radius 1 is 1.25 bits per heavy atom. The van der Waals surface area contributed by atoms with Gasteiger partial charge in [-0.15, -0.1) is 0 Å². The number of amides is 1. The minimum Gasteiger partial charge on any atom is -0.479 e. The first kappa shape index (κ1) is 17.5. The molecule has 0 spiro atoms. The minimum atomic E-state index is -1.04. The highest BCUT2D eigenvalue weighted by Crippen LogP contribution is 2.46. The normalized spacial score (nSPS) is 25.9. The Kier molecular flexibility index (Phi) is 4.78. The zero-order valence-corrected chi connectivity index (χ0v) is 14.8. The average molecular weight is 372 g/mol. The molecule has 2 fully saturated rings. The van der Waals surface area contributed by atoms with Crippen molar-refractivity contribution in [1.29, 1.82) is 0 Å². The molecule has 0 aromatic heterocycles. The van der Waals surface area contributed by atoms with Gasteiger partial charge < -0.3 is 14.7 Å². The fraction of sp³-hybridized carbons (Fsp3) is 0.529. The number of aliphatic carboxylic acids is 1. The maximum atomic E-state index is 13.2. The van der Waals surface area contributed by atoms with Gasteiger partial charge in [-0.1, -0.05) is 35.7 Å². The van der Waals surface area contributed by atoms with Crippen molar-refractivity contribution in [3.8, 4) is 0 Å². The Bertz CT molecular complexity index is 675. The number of carbonyl (C=O) groups excluding carboxylic acids is 1. The Hall–Kier alpha value is -1.30. The SMILES string of the molecule is C[C@@H]1CN(C(=O)C2(c3ccc(Cl)c(Cl)c3)CCC2)CC(C(=O)O)O1. The molecule has 1 saturated carbocycles. The van der Waals surface area contributed by atoms with Crippen molar-refractivity contribution in [2.45, 2.75) is 43.8 Å². The highest BCUT2D eigenvalue weighted by atomic mass is 35.5. The summed E-state index contributed by atoms with van der Waals surface area (Å²) in [6.07, 6.45) is 1.12. The standard InChI is InChI=1S/C17H19Cl2NO4/c1-10-8-20(9-14(24-10)15(21)22)16(23)17(5-2-6-17)11-3-4-12(18)13(19)7-11/h3-4,7,10,14H,2,5-6,8-9H2,1H3,(H,21,22)/t10-,14?/m1/s1. The number of hydrogen-bond acceptors (Lipinski definition) is 3. The summed E-state index contributed by atoms with van der Waals surface area (Å²) >= 11 is 12.1. The smallest absolute Gasteiger partial charge is 0.334 e. The fourth-order valence-corrected chi connectivity index (χ4v) is 3.80. The Labute approximate surface area is 150 Å². The van der Waals surface area contributed by atoms with Gasteiger partial charge in [0.15, 0.2) is 6.10 Å². The summed E-state index contributed by atoms with van der Waals surface area (Å²) in [7, 11) is 0. The van der Waals surface area contributed by atoms with Crippen LogP contribution in [0.25, 0.3) is 0 Å². The third kappa shape index (κ3) is 3.01. The molecule has 24 heavy (non-hydrogen) atoms. The van der Waals surface area contributed by atoms with Gasteiger partial charge in [0.1, 0.15) is 0 Å². The lowest BCUT2D eigenvalue weighted by Crippen LogP contribution is -2.58. The molecule has 1 unspecified atom stereocenters. The van der Waals surface area contributed by atoms with Gasteiger partial charge in [-0.25, -0.2) is 4.79 Å². The Morgan fingerprint density at radius 2 is 1.96 bits per heavy atom. The first-order valence-electron chi connectivity index (χ1n) is 7.96. The van der Waals surface area contributed by atoms with E-state index in [0.29, 0.717) is 16.6 Å². The predicted octanol–water partition coefficient (Wildman–Crippen LogP) is 3.12. The molecule has 1 heterocycles. The fourth-order valence-electron chi connectivity index (χ4n) is 3.51. The van der Waals surface area contributed by atoms with E-state index in [1.165, 1.54) is 0 Å². The van der Waals surface area contributed by atoms with Crippen LogP contribution < -0.4 is 0 Å². The number of nitrogens with zero attached hydrogens (tertiary/aromatic N) is 1. The molecule has 0 radical (unpaired) electrons. The summed E-state index contributed by atoms with van der Waals surface area (Å²) < 4.78 is 5.40. The van der Waals surface area contributed by atoms with Crippen LogP contribution in [0.5, 0.6) is 0 Å². The summed E-state index contributed by atoms with van der Waals surface area (Å²) in [6, 6.07) is 5.29. The summed E-state index contributed by atoms with van der Waals surface area (Å²) in [6.45, 7) is 2.25. The van der Waals surface area contributed by atoms with E-state index in [4.69, 9.17) is 27.9 Å². The molecule has 5 nitrogen and oxygen atoms in total. The molecule has 1 aliphatic carbocycles. The molecule has 1 amide bonds. The second-order valence-corrected chi connectivity index (χ2v) is 7.36. The number of halogens is 2. The monoisotopic (exact) mass is 371 g/mol. The number of rotatable bonds is 3. The molecule has 130 valence electrons. The maximum Gasteiger partial charge on any atom is 0.334 e. The van der Waals surface area contributed by atoms with Crippen molar-refractivity contribution in [3.05, 3.63) is 33.8 Å². The van der Waals surface area contributed by atoms with E-state index in [1.54, 1.807) is 24.0 Å². The number of carboxylic acids is 1. The minimum absolute atomic E-state index is 0.0476. The van der Waals surface area contributed by atoms with Crippen molar-refractivity contribution in [2.24, 2.45) is 0 Å². The molecule has 1 aromatic carbocycles. The zero-order valence-electron chi connectivity index (χ0n) is 13.3. The molecular formula is C17H19Cl2NO4. The van der Waals surface area contributed by atoms with Crippen LogP contribution in [0.2, 0.25) is 10.0 Å². The molecule has 1 N–H and O–H groups in total. The van der Waals surface area contributed by atoms with Gasteiger partial charge in [0.05, 0.1) is 28.1 Å². The van der Waals surface area contributed by atoms with E-state index in [0.717, 1.165) is 24.8 Å². The van der Waals surface area contributed by atoms with Crippen LogP contribution in [-0.2, 0) is 19.7 Å². The number of carbonyl (C=O) groups is 2. The van der Waals surface area contributed by atoms with Crippen molar-refractivity contribution in [2.75, 3.05) is 13.1 Å². The number of hydrogen-bond donors (Lipinski definition) is 1. The third-order valence-electron chi connectivity index (χ3n) is 4.91. The quantitative estimate of drug-likeness (QED) is 0.886. The van der Waals surface area contributed by atoms with Crippen molar-refractivity contribution >= 4 is 35.1 Å². The van der Waals surface area contributed by atoms with Gasteiger partial charge in [0, 0.05) is 6.54 Å². The van der Waals surface area contributed by atoms with Gasteiger partial charge in [0.2, 0.25) is 5.91 Å². The molecule has 7 heteroatoms. The van der Waals surface area contributed by atoms with Crippen LogP contribution in [0.3, 0.4) is 0 Å². The van der Waals surface area contributed by atoms with E-state index in [2.05, 4.69) is 0 Å². The first-order valence-corrected chi connectivity index (χ1v) is 8.72. The molecule has 2 aliphatic rings. The molecular weight excluding hydrogens is 353 g/mol. The lowest BCUT2D eigenvalue weighted by Gasteiger charge is -2.46. The number of carboxylic acid groups (broad SMARTS) is 1. The van der Waals surface area contributed by atoms with Crippen LogP contribution in [-0.4, -0.2) is 47.2 Å². The van der Waals surface area contributed by atoms with Crippen molar-refractivity contribution in [3.63, 3.8) is 0 Å². The summed E-state index contributed by atoms with van der Waals surface area (Å²) in [5, 5.41) is 10.1. The van der Waals surface area contributed by atoms with E-state index in [9.17, 15) is 14.7 Å². The summed E-state index contributed by atoms with van der Waals surface area (Å²) in [4.78, 5) is 26.1. The third-order valence-corrected chi connectivity index (χ3v) is 5.65. The lowest BCUT2D eigenvalue weighted by atomic mass is 9.63. The molecule has 1 aromatic rings. The van der Waals surface area contributed by atoms with E-state index < -0.39 is 17.5 Å². The first-order chi connectivity index (χ1) is 11.3. The Morgan fingerprint density at radius 3 is 2.50 bits per heavy atom. The largest absolute Gasteiger partial charge is 0.479 e. The summed E-state index contributed by atoms with van der Waals surface area (Å²) in [5.74, 6) is -1.09. The van der Waals surface area contributed by atoms with Gasteiger partial charge in [0.25, 0.3) is 0 Å². The van der Waals surface area contributed by atoms with Gasteiger partial charge in [-0.2, -0.15) is 0 Å².